The Balaban J connectivity index is 2.31. The summed E-state index contributed by atoms with van der Waals surface area (Å²) in [5, 5.41) is 0.102. The minimum Gasteiger partial charge on any atom is -0.465 e. The lowest BCUT2D eigenvalue weighted by Gasteiger charge is -2.33. The number of esters is 1. The molecule has 22 heavy (non-hydrogen) atoms. The summed E-state index contributed by atoms with van der Waals surface area (Å²) in [5.74, 6) is -0.594. The van der Waals surface area contributed by atoms with Crippen LogP contribution in [0.3, 0.4) is 0 Å². The predicted molar refractivity (Wildman–Crippen MR) is 83.7 cm³/mol. The number of ether oxygens (including phenoxy) is 1. The zero-order chi connectivity index (χ0) is 16.3. The molecular weight excluding hydrogens is 328 g/mol. The van der Waals surface area contributed by atoms with Gasteiger partial charge in [0, 0.05) is 26.2 Å². The van der Waals surface area contributed by atoms with Crippen LogP contribution in [-0.2, 0) is 14.8 Å². The first kappa shape index (κ1) is 17.2. The van der Waals surface area contributed by atoms with Gasteiger partial charge in [0.25, 0.3) is 0 Å². The summed E-state index contributed by atoms with van der Waals surface area (Å²) in [6, 6.07) is 4.13. The number of methoxy groups -OCH3 is 1. The minimum atomic E-state index is -3.72. The molecule has 0 spiro atoms. The van der Waals surface area contributed by atoms with Crippen molar-refractivity contribution in [3.05, 3.63) is 28.8 Å². The molecular formula is C14H19ClN2O4S. The highest BCUT2D eigenvalue weighted by atomic mass is 35.5. The molecule has 1 aliphatic rings. The maximum atomic E-state index is 12.7. The number of hydrogen-bond acceptors (Lipinski definition) is 5. The van der Waals surface area contributed by atoms with Crippen LogP contribution in [0.2, 0.25) is 5.02 Å². The fourth-order valence-electron chi connectivity index (χ4n) is 2.37. The van der Waals surface area contributed by atoms with Gasteiger partial charge in [-0.15, -0.1) is 0 Å². The van der Waals surface area contributed by atoms with Crippen LogP contribution in [0, 0.1) is 0 Å². The zero-order valence-corrected chi connectivity index (χ0v) is 14.2. The van der Waals surface area contributed by atoms with Crippen molar-refractivity contribution in [2.45, 2.75) is 11.8 Å². The number of hydrogen-bond donors (Lipinski definition) is 0. The van der Waals surface area contributed by atoms with Gasteiger partial charge in [-0.05, 0) is 24.7 Å². The van der Waals surface area contributed by atoms with E-state index in [4.69, 9.17) is 11.6 Å². The minimum absolute atomic E-state index is 0.0537. The van der Waals surface area contributed by atoms with Crippen LogP contribution in [0.25, 0.3) is 0 Å². The molecule has 1 aliphatic heterocycles. The Morgan fingerprint density at radius 2 is 1.91 bits per heavy atom. The number of carbonyl (C=O) groups is 1. The van der Waals surface area contributed by atoms with E-state index in [0.717, 1.165) is 6.54 Å². The van der Waals surface area contributed by atoms with Crippen LogP contribution < -0.4 is 0 Å². The molecule has 1 aromatic carbocycles. The van der Waals surface area contributed by atoms with Crippen molar-refractivity contribution in [3.8, 4) is 0 Å². The van der Waals surface area contributed by atoms with Gasteiger partial charge in [-0.1, -0.05) is 18.5 Å². The molecule has 1 saturated heterocycles. The van der Waals surface area contributed by atoms with Gasteiger partial charge >= 0.3 is 5.97 Å². The normalized spacial score (nSPS) is 17.4. The standard InChI is InChI=1S/C14H19ClN2O4S/c1-3-16-6-8-17(9-7-16)22(19,20)13-10-11(14(18)21-2)4-5-12(13)15/h4-5,10H,3,6-9H2,1-2H3. The molecule has 1 heterocycles. The van der Waals surface area contributed by atoms with Gasteiger partial charge in [0.05, 0.1) is 17.7 Å². The molecule has 1 aromatic rings. The van der Waals surface area contributed by atoms with Crippen molar-refractivity contribution < 1.29 is 17.9 Å². The molecule has 122 valence electrons. The maximum absolute atomic E-state index is 12.7. The SMILES string of the molecule is CCN1CCN(S(=O)(=O)c2cc(C(=O)OC)ccc2Cl)CC1. The van der Waals surface area contributed by atoms with Gasteiger partial charge < -0.3 is 9.64 Å². The maximum Gasteiger partial charge on any atom is 0.337 e. The molecule has 0 unspecified atom stereocenters. The van der Waals surface area contributed by atoms with E-state index in [1.54, 1.807) is 0 Å². The lowest BCUT2D eigenvalue weighted by molar-refractivity contribution is 0.0600. The van der Waals surface area contributed by atoms with Gasteiger partial charge in [0.1, 0.15) is 4.90 Å². The van der Waals surface area contributed by atoms with Crippen LogP contribution in [0.5, 0.6) is 0 Å². The Labute approximate surface area is 135 Å². The Hall–Kier alpha value is -1.15. The zero-order valence-electron chi connectivity index (χ0n) is 12.6. The van der Waals surface area contributed by atoms with E-state index in [1.165, 1.54) is 29.6 Å². The lowest BCUT2D eigenvalue weighted by Crippen LogP contribution is -2.48. The average Bonchev–Trinajstić information content (AvgIpc) is 2.54. The molecule has 8 heteroatoms. The molecule has 0 saturated carbocycles. The van der Waals surface area contributed by atoms with Gasteiger partial charge in [-0.25, -0.2) is 13.2 Å². The summed E-state index contributed by atoms with van der Waals surface area (Å²) in [5.41, 5.74) is 0.165. The largest absolute Gasteiger partial charge is 0.465 e. The smallest absolute Gasteiger partial charge is 0.337 e. The van der Waals surface area contributed by atoms with Crippen molar-refractivity contribution in [1.82, 2.24) is 9.21 Å². The van der Waals surface area contributed by atoms with Crippen LogP contribution in [0.1, 0.15) is 17.3 Å². The summed E-state index contributed by atoms with van der Waals surface area (Å²) in [6.07, 6.45) is 0. The predicted octanol–water partition coefficient (Wildman–Crippen LogP) is 1.45. The third-order valence-corrected chi connectivity index (χ3v) is 6.13. The quantitative estimate of drug-likeness (QED) is 0.772. The third-order valence-electron chi connectivity index (χ3n) is 3.75. The number of halogens is 1. The summed E-state index contributed by atoms with van der Waals surface area (Å²) in [6.45, 7) is 5.13. The van der Waals surface area contributed by atoms with Gasteiger partial charge in [-0.2, -0.15) is 4.31 Å². The van der Waals surface area contributed by atoms with E-state index < -0.39 is 16.0 Å². The van der Waals surface area contributed by atoms with Crippen LogP contribution in [0.15, 0.2) is 23.1 Å². The highest BCUT2D eigenvalue weighted by molar-refractivity contribution is 7.89. The highest BCUT2D eigenvalue weighted by Gasteiger charge is 2.30. The molecule has 1 fully saturated rings. The van der Waals surface area contributed by atoms with E-state index in [1.807, 2.05) is 6.92 Å². The topological polar surface area (TPSA) is 66.9 Å². The van der Waals surface area contributed by atoms with E-state index in [2.05, 4.69) is 9.64 Å². The van der Waals surface area contributed by atoms with Crippen molar-refractivity contribution in [1.29, 1.82) is 0 Å². The van der Waals surface area contributed by atoms with Crippen molar-refractivity contribution in [2.75, 3.05) is 39.8 Å². The number of likely N-dealkylation sites (N-methyl/N-ethyl adjacent to an activating group) is 1. The number of sulfonamides is 1. The van der Waals surface area contributed by atoms with Gasteiger partial charge in [0.2, 0.25) is 10.0 Å². The molecule has 0 atom stereocenters. The van der Waals surface area contributed by atoms with Crippen molar-refractivity contribution in [2.24, 2.45) is 0 Å². The first-order valence-corrected chi connectivity index (χ1v) is 8.82. The summed E-state index contributed by atoms with van der Waals surface area (Å²) < 4.78 is 31.5. The van der Waals surface area contributed by atoms with E-state index in [0.29, 0.717) is 26.2 Å². The first-order valence-electron chi connectivity index (χ1n) is 7.00. The first-order chi connectivity index (χ1) is 10.4. The average molecular weight is 347 g/mol. The second kappa shape index (κ2) is 6.95. The van der Waals surface area contributed by atoms with Crippen molar-refractivity contribution in [3.63, 3.8) is 0 Å². The molecule has 0 bridgehead atoms. The molecule has 2 rings (SSSR count). The highest BCUT2D eigenvalue weighted by Crippen LogP contribution is 2.27. The Morgan fingerprint density at radius 1 is 1.27 bits per heavy atom. The molecule has 0 aromatic heterocycles. The molecule has 0 aliphatic carbocycles. The van der Waals surface area contributed by atoms with E-state index in [9.17, 15) is 13.2 Å². The van der Waals surface area contributed by atoms with Crippen molar-refractivity contribution >= 4 is 27.6 Å². The van der Waals surface area contributed by atoms with E-state index in [-0.39, 0.29) is 15.5 Å². The molecule has 0 amide bonds. The van der Waals surface area contributed by atoms with Crippen LogP contribution >= 0.6 is 11.6 Å². The second-order valence-corrected chi connectivity index (χ2v) is 7.29. The monoisotopic (exact) mass is 346 g/mol. The summed E-state index contributed by atoms with van der Waals surface area (Å²) in [4.78, 5) is 13.7. The number of piperazine rings is 1. The third kappa shape index (κ3) is 3.43. The lowest BCUT2D eigenvalue weighted by atomic mass is 10.2. The second-order valence-electron chi connectivity index (χ2n) is 4.98. The van der Waals surface area contributed by atoms with Crippen LogP contribution in [0.4, 0.5) is 0 Å². The number of carbonyl (C=O) groups excluding carboxylic acids is 1. The van der Waals surface area contributed by atoms with Gasteiger partial charge in [-0.3, -0.25) is 0 Å². The fraction of sp³-hybridized carbons (Fsp3) is 0.500. The summed E-state index contributed by atoms with van der Waals surface area (Å²) in [7, 11) is -2.48. The Morgan fingerprint density at radius 3 is 2.45 bits per heavy atom. The summed E-state index contributed by atoms with van der Waals surface area (Å²) >= 11 is 6.04. The molecule has 6 nitrogen and oxygen atoms in total. The molecule has 0 N–H and O–H groups in total. The number of benzene rings is 1. The van der Waals surface area contributed by atoms with E-state index >= 15 is 0 Å². The molecule has 0 radical (unpaired) electrons. The van der Waals surface area contributed by atoms with Crippen LogP contribution in [-0.4, -0.2) is 63.4 Å². The van der Waals surface area contributed by atoms with Gasteiger partial charge in [0.15, 0.2) is 0 Å². The number of rotatable bonds is 4. The number of nitrogens with zero attached hydrogens (tertiary/aromatic N) is 2. The Bertz CT molecular complexity index is 655. The Kier molecular flexibility index (Phi) is 5.44. The fourth-order valence-corrected chi connectivity index (χ4v) is 4.29.